The summed E-state index contributed by atoms with van der Waals surface area (Å²) in [5.74, 6) is -2.36. The van der Waals surface area contributed by atoms with Crippen molar-refractivity contribution in [2.75, 3.05) is 33.2 Å². The van der Waals surface area contributed by atoms with Crippen LogP contribution in [0.2, 0.25) is 0 Å². The van der Waals surface area contributed by atoms with E-state index >= 15 is 0 Å². The van der Waals surface area contributed by atoms with Crippen LogP contribution < -0.4 is 5.43 Å². The van der Waals surface area contributed by atoms with Gasteiger partial charge in [-0.25, -0.2) is 8.78 Å². The third kappa shape index (κ3) is 8.74. The molecule has 0 atom stereocenters. The number of carbonyl (C=O) groups excluding carboxylic acids is 1. The Morgan fingerprint density at radius 3 is 2.35 bits per heavy atom. The maximum atomic E-state index is 14.6. The van der Waals surface area contributed by atoms with Crippen LogP contribution in [-0.4, -0.2) is 59.5 Å². The van der Waals surface area contributed by atoms with Crippen molar-refractivity contribution in [3.63, 3.8) is 0 Å². The molecule has 1 saturated heterocycles. The quantitative estimate of drug-likeness (QED) is 0.0951. The van der Waals surface area contributed by atoms with Crippen molar-refractivity contribution in [1.82, 2.24) is 14.4 Å². The molecule has 272 valence electrons. The number of rotatable bonds is 12. The monoisotopic (exact) mass is 740 g/mol. The molecule has 0 saturated carbocycles. The van der Waals surface area contributed by atoms with Gasteiger partial charge in [0.05, 0.1) is 29.5 Å². The number of aromatic nitrogens is 1. The molecule has 0 unspecified atom stereocenters. The van der Waals surface area contributed by atoms with Gasteiger partial charge in [0.25, 0.3) is 0 Å². The van der Waals surface area contributed by atoms with Crippen LogP contribution in [0.25, 0.3) is 22.0 Å². The minimum Gasteiger partial charge on any atom is -0.383 e. The number of alkyl halides is 3. The number of amides is 1. The molecule has 6 rings (SSSR count). The molecule has 12 heteroatoms. The first kappa shape index (κ1) is 31.0. The molecular weight excluding hydrogens is 698 g/mol. The average Bonchev–Trinajstić information content (AvgIpc) is 3.15. The fraction of sp³-hybridized carbons (Fsp3) is 0.300. The molecule has 52 heavy (non-hydrogen) atoms. The van der Waals surface area contributed by atoms with E-state index in [1.165, 1.54) is 30.3 Å². The van der Waals surface area contributed by atoms with Crippen molar-refractivity contribution in [3.05, 3.63) is 136 Å². The molecule has 0 N–H and O–H groups in total. The summed E-state index contributed by atoms with van der Waals surface area (Å²) in [5, 5.41) is 0.724. The number of thioether (sulfide) groups is 1. The number of methoxy groups -OCH3 is 1. The second-order valence-electron chi connectivity index (χ2n) is 12.5. The van der Waals surface area contributed by atoms with E-state index in [1.54, 1.807) is 62.9 Å². The average molecular weight is 741 g/mol. The van der Waals surface area contributed by atoms with Crippen molar-refractivity contribution < 1.29 is 38.3 Å². The van der Waals surface area contributed by atoms with Gasteiger partial charge in [-0.3, -0.25) is 9.59 Å². The Labute approximate surface area is 309 Å². The lowest BCUT2D eigenvalue weighted by Gasteiger charge is -2.39. The molecule has 2 heterocycles. The predicted octanol–water partition coefficient (Wildman–Crippen LogP) is 8.40. The molecule has 4 aromatic carbocycles. The first-order valence-corrected chi connectivity index (χ1v) is 17.5. The molecule has 0 bridgehead atoms. The molecular formula is C40H38F5N3O3S. The summed E-state index contributed by atoms with van der Waals surface area (Å²) in [7, 11) is -2.93. The molecule has 1 aliphatic heterocycles. The normalized spacial score (nSPS) is 16.1. The van der Waals surface area contributed by atoms with Crippen molar-refractivity contribution in [1.29, 1.82) is 0 Å². The van der Waals surface area contributed by atoms with E-state index in [1.807, 2.05) is 0 Å². The Bertz CT molecular complexity index is 2260. The number of pyridine rings is 1. The highest BCUT2D eigenvalue weighted by Crippen LogP contribution is 2.32. The zero-order chi connectivity index (χ0) is 41.1. The second-order valence-corrected chi connectivity index (χ2v) is 13.5. The summed E-state index contributed by atoms with van der Waals surface area (Å²) in [6, 6.07) is 23.5. The summed E-state index contributed by atoms with van der Waals surface area (Å²) in [6.45, 7) is -2.19. The van der Waals surface area contributed by atoms with E-state index < -0.39 is 37.0 Å². The highest BCUT2D eigenvalue weighted by Gasteiger charge is 2.31. The number of carbonyl (C=O) groups is 1. The first-order chi connectivity index (χ1) is 26.9. The van der Waals surface area contributed by atoms with Crippen LogP contribution in [0.15, 0.2) is 107 Å². The second kappa shape index (κ2) is 16.4. The maximum absolute atomic E-state index is 14.6. The Hall–Kier alpha value is -4.52. The molecule has 5 aromatic rings. The predicted molar refractivity (Wildman–Crippen MR) is 193 cm³/mol. The van der Waals surface area contributed by atoms with Gasteiger partial charge in [-0.15, -0.1) is 11.8 Å². The lowest BCUT2D eigenvalue weighted by atomic mass is 10.00. The maximum Gasteiger partial charge on any atom is 0.416 e. The Morgan fingerprint density at radius 2 is 1.65 bits per heavy atom. The number of ether oxygens (including phenoxy) is 1. The third-order valence-corrected chi connectivity index (χ3v) is 10.3. The zero-order valence-electron chi connectivity index (χ0n) is 32.8. The highest BCUT2D eigenvalue weighted by molar-refractivity contribution is 7.98. The van der Waals surface area contributed by atoms with Crippen LogP contribution >= 0.6 is 11.8 Å². The number of para-hydroxylation sites is 1. The molecule has 0 spiro atoms. The Balaban J connectivity index is 1.28. The number of hydrogen-bond donors (Lipinski definition) is 0. The van der Waals surface area contributed by atoms with Gasteiger partial charge in [0.15, 0.2) is 17.1 Å². The minimum atomic E-state index is -4.47. The molecule has 1 fully saturated rings. The highest BCUT2D eigenvalue weighted by atomic mass is 32.2. The van der Waals surface area contributed by atoms with Crippen molar-refractivity contribution in [2.24, 2.45) is 0 Å². The third-order valence-electron chi connectivity index (χ3n) is 9.21. The number of halogens is 5. The SMILES string of the molecule is [2H]C([2H])([2H])OC([2H])([2H])CN1CCC(N(Cc2ccc(-c3ccc(C(F)(F)F)cc3)cc2)C(=O)Cn2c(SCc3cccc(F)c3F)cc(=O)c3ccccc32)CC1. The van der Waals surface area contributed by atoms with E-state index in [4.69, 9.17) is 6.85 Å². The van der Waals surface area contributed by atoms with Crippen LogP contribution in [0.5, 0.6) is 0 Å². The number of benzene rings is 4. The van der Waals surface area contributed by atoms with Crippen molar-refractivity contribution >= 4 is 28.6 Å². The number of piperidine rings is 1. The lowest BCUT2D eigenvalue weighted by Crippen LogP contribution is -2.48. The smallest absolute Gasteiger partial charge is 0.383 e. The van der Waals surface area contributed by atoms with E-state index in [0.29, 0.717) is 53.0 Å². The fourth-order valence-corrected chi connectivity index (χ4v) is 7.44. The van der Waals surface area contributed by atoms with Crippen molar-refractivity contribution in [3.8, 4) is 11.1 Å². The topological polar surface area (TPSA) is 54.8 Å². The summed E-state index contributed by atoms with van der Waals surface area (Å²) >= 11 is 1.09. The number of likely N-dealkylation sites (tertiary alicyclic amines) is 1. The summed E-state index contributed by atoms with van der Waals surface area (Å²) < 4.78 is 113. The van der Waals surface area contributed by atoms with E-state index in [2.05, 4.69) is 4.74 Å². The Kier molecular flexibility index (Phi) is 9.81. The summed E-state index contributed by atoms with van der Waals surface area (Å²) in [4.78, 5) is 31.2. The molecule has 1 aliphatic rings. The summed E-state index contributed by atoms with van der Waals surface area (Å²) in [5.41, 5.74) is 1.45. The van der Waals surface area contributed by atoms with Gasteiger partial charge >= 0.3 is 6.18 Å². The van der Waals surface area contributed by atoms with Gasteiger partial charge in [-0.2, -0.15) is 13.2 Å². The van der Waals surface area contributed by atoms with Crippen molar-refractivity contribution in [2.45, 2.75) is 48.9 Å². The van der Waals surface area contributed by atoms with E-state index in [-0.39, 0.29) is 48.3 Å². The van der Waals surface area contributed by atoms with Gasteiger partial charge in [-0.05, 0) is 59.9 Å². The minimum absolute atomic E-state index is 0.0258. The molecule has 0 radical (unpaired) electrons. The largest absolute Gasteiger partial charge is 0.416 e. The van der Waals surface area contributed by atoms with Gasteiger partial charge in [-0.1, -0.05) is 60.7 Å². The van der Waals surface area contributed by atoms with Crippen LogP contribution in [0.3, 0.4) is 0 Å². The van der Waals surface area contributed by atoms with E-state index in [0.717, 1.165) is 35.5 Å². The van der Waals surface area contributed by atoms with Gasteiger partial charge in [0, 0.05) is 62.0 Å². The Morgan fingerprint density at radius 1 is 0.962 bits per heavy atom. The fourth-order valence-electron chi connectivity index (χ4n) is 6.41. The van der Waals surface area contributed by atoms with Gasteiger partial charge in [0.1, 0.15) is 6.54 Å². The number of fused-ring (bicyclic) bond motifs is 1. The molecule has 1 aromatic heterocycles. The van der Waals surface area contributed by atoms with Crippen LogP contribution in [-0.2, 0) is 34.6 Å². The van der Waals surface area contributed by atoms with E-state index in [9.17, 15) is 31.5 Å². The zero-order valence-corrected chi connectivity index (χ0v) is 28.7. The molecule has 6 nitrogen and oxygen atoms in total. The standard InChI is InChI=1S/C40H38F5N3O3S/c1-51-22-21-46-19-17-32(18-20-46)47(24-27-9-11-28(12-10-27)29-13-15-31(16-14-29)40(43,44)45)37(50)25-48-35-8-3-2-6-33(35)36(49)23-38(48)52-26-30-5-4-7-34(41)39(30)42/h2-16,23,32H,17-22,24-26H2,1H3/i1D3,22D2. The van der Waals surface area contributed by atoms with Gasteiger partial charge < -0.3 is 19.1 Å². The number of nitrogens with zero attached hydrogens (tertiary/aromatic N) is 3. The molecule has 0 aliphatic carbocycles. The number of hydrogen-bond acceptors (Lipinski definition) is 5. The lowest BCUT2D eigenvalue weighted by molar-refractivity contribution is -0.137. The summed E-state index contributed by atoms with van der Waals surface area (Å²) in [6.07, 6.45) is -3.65. The van der Waals surface area contributed by atoms with Crippen LogP contribution in [0.1, 0.15) is 36.4 Å². The van der Waals surface area contributed by atoms with Gasteiger partial charge in [0.2, 0.25) is 5.91 Å². The van der Waals surface area contributed by atoms with Crippen LogP contribution in [0.4, 0.5) is 22.0 Å². The van der Waals surface area contributed by atoms with Crippen LogP contribution in [0, 0.1) is 11.6 Å². The molecule has 1 amide bonds. The first-order valence-electron chi connectivity index (χ1n) is 19.0.